The van der Waals surface area contributed by atoms with Gasteiger partial charge in [0.1, 0.15) is 17.0 Å². The van der Waals surface area contributed by atoms with Crippen LogP contribution in [0.1, 0.15) is 18.9 Å². The van der Waals surface area contributed by atoms with Gasteiger partial charge in [-0.05, 0) is 37.4 Å². The van der Waals surface area contributed by atoms with Crippen molar-refractivity contribution in [3.8, 4) is 0 Å². The summed E-state index contributed by atoms with van der Waals surface area (Å²) in [6.07, 6.45) is 2.70. The Hall–Kier alpha value is -1.98. The first-order valence-corrected chi connectivity index (χ1v) is 8.78. The zero-order chi connectivity index (χ0) is 16.1. The van der Waals surface area contributed by atoms with Gasteiger partial charge in [-0.25, -0.2) is 9.97 Å². The Balaban J connectivity index is 1.51. The van der Waals surface area contributed by atoms with Crippen molar-refractivity contribution in [2.75, 3.05) is 18.9 Å². The highest BCUT2D eigenvalue weighted by Gasteiger charge is 2.10. The fourth-order valence-corrected chi connectivity index (χ4v) is 3.31. The number of hydrogen-bond acceptors (Lipinski definition) is 5. The highest BCUT2D eigenvalue weighted by Crippen LogP contribution is 2.23. The van der Waals surface area contributed by atoms with Gasteiger partial charge >= 0.3 is 0 Å². The van der Waals surface area contributed by atoms with E-state index in [1.165, 1.54) is 5.56 Å². The average Bonchev–Trinajstić information content (AvgIpc) is 3.05. The lowest BCUT2D eigenvalue weighted by Crippen LogP contribution is -2.30. The van der Waals surface area contributed by atoms with E-state index in [1.54, 1.807) is 17.7 Å². The van der Waals surface area contributed by atoms with Crippen LogP contribution in [0.4, 0.5) is 5.82 Å². The number of fused-ring (bicyclic) bond motifs is 1. The van der Waals surface area contributed by atoms with Crippen molar-refractivity contribution >= 4 is 27.4 Å². The van der Waals surface area contributed by atoms with Crippen LogP contribution in [0.25, 0.3) is 10.2 Å². The molecular weight excluding hydrogens is 304 g/mol. The molecular formula is C18H22N4S. The Morgan fingerprint density at radius 3 is 2.83 bits per heavy atom. The second kappa shape index (κ2) is 7.53. The molecule has 1 atom stereocenters. The third-order valence-corrected chi connectivity index (χ3v) is 4.96. The molecule has 0 saturated heterocycles. The number of anilines is 1. The normalized spacial score (nSPS) is 12.7. The zero-order valence-corrected chi connectivity index (χ0v) is 14.4. The van der Waals surface area contributed by atoms with Gasteiger partial charge in [0, 0.05) is 19.1 Å². The smallest absolute Gasteiger partial charge is 0.138 e. The van der Waals surface area contributed by atoms with Crippen molar-refractivity contribution in [3.63, 3.8) is 0 Å². The maximum absolute atomic E-state index is 4.36. The number of aromatic nitrogens is 2. The summed E-state index contributed by atoms with van der Waals surface area (Å²) in [5.41, 5.74) is 1.35. The van der Waals surface area contributed by atoms with E-state index in [4.69, 9.17) is 0 Å². The first-order valence-electron chi connectivity index (χ1n) is 7.90. The molecule has 1 aromatic carbocycles. The van der Waals surface area contributed by atoms with Gasteiger partial charge < -0.3 is 5.32 Å². The van der Waals surface area contributed by atoms with Crippen molar-refractivity contribution in [1.82, 2.24) is 14.9 Å². The molecule has 4 nitrogen and oxygen atoms in total. The quantitative estimate of drug-likeness (QED) is 0.712. The molecule has 0 amide bonds. The van der Waals surface area contributed by atoms with Gasteiger partial charge in [0.2, 0.25) is 0 Å². The highest BCUT2D eigenvalue weighted by molar-refractivity contribution is 7.16. The summed E-state index contributed by atoms with van der Waals surface area (Å²) in [5.74, 6) is 0.939. The van der Waals surface area contributed by atoms with Crippen LogP contribution in [0.15, 0.2) is 48.1 Å². The van der Waals surface area contributed by atoms with Crippen LogP contribution in [-0.2, 0) is 6.54 Å². The molecule has 0 bridgehead atoms. The van der Waals surface area contributed by atoms with Crippen LogP contribution >= 0.6 is 11.3 Å². The number of rotatable bonds is 7. The van der Waals surface area contributed by atoms with E-state index in [2.05, 4.69) is 75.9 Å². The lowest BCUT2D eigenvalue weighted by molar-refractivity contribution is 0.242. The summed E-state index contributed by atoms with van der Waals surface area (Å²) in [6.45, 7) is 4.15. The summed E-state index contributed by atoms with van der Waals surface area (Å²) < 4.78 is 0. The van der Waals surface area contributed by atoms with Gasteiger partial charge in [-0.3, -0.25) is 4.90 Å². The van der Waals surface area contributed by atoms with Crippen LogP contribution in [0, 0.1) is 0 Å². The Labute approximate surface area is 141 Å². The molecule has 1 unspecified atom stereocenters. The monoisotopic (exact) mass is 326 g/mol. The van der Waals surface area contributed by atoms with E-state index in [0.717, 1.165) is 35.5 Å². The van der Waals surface area contributed by atoms with E-state index in [-0.39, 0.29) is 0 Å². The second-order valence-corrected chi connectivity index (χ2v) is 6.72. The summed E-state index contributed by atoms with van der Waals surface area (Å²) in [6, 6.07) is 13.2. The van der Waals surface area contributed by atoms with E-state index < -0.39 is 0 Å². The molecule has 0 fully saturated rings. The lowest BCUT2D eigenvalue weighted by atomic mass is 10.1. The van der Waals surface area contributed by atoms with Crippen LogP contribution in [0.5, 0.6) is 0 Å². The largest absolute Gasteiger partial charge is 0.369 e. The molecule has 0 radical (unpaired) electrons. The first-order chi connectivity index (χ1) is 11.2. The number of thiophene rings is 1. The van der Waals surface area contributed by atoms with Crippen LogP contribution in [0.3, 0.4) is 0 Å². The Kier molecular flexibility index (Phi) is 5.20. The number of nitrogens with one attached hydrogen (secondary N) is 1. The number of hydrogen-bond donors (Lipinski definition) is 1. The number of nitrogens with zero attached hydrogens (tertiary/aromatic N) is 3. The molecule has 120 valence electrons. The second-order valence-electron chi connectivity index (χ2n) is 5.83. The highest BCUT2D eigenvalue weighted by atomic mass is 32.1. The van der Waals surface area contributed by atoms with Gasteiger partial charge in [0.25, 0.3) is 0 Å². The van der Waals surface area contributed by atoms with Gasteiger partial charge in [-0.15, -0.1) is 11.3 Å². The third kappa shape index (κ3) is 4.06. The Morgan fingerprint density at radius 1 is 1.17 bits per heavy atom. The minimum absolute atomic E-state index is 0.502. The topological polar surface area (TPSA) is 41.1 Å². The fourth-order valence-electron chi connectivity index (χ4n) is 2.58. The van der Waals surface area contributed by atoms with Gasteiger partial charge in [0.15, 0.2) is 0 Å². The summed E-state index contributed by atoms with van der Waals surface area (Å²) >= 11 is 1.65. The Bertz CT molecular complexity index is 741. The maximum Gasteiger partial charge on any atom is 0.138 e. The van der Waals surface area contributed by atoms with Gasteiger partial charge in [0.05, 0.1) is 5.39 Å². The molecule has 2 heterocycles. The molecule has 23 heavy (non-hydrogen) atoms. The Morgan fingerprint density at radius 2 is 2.00 bits per heavy atom. The molecule has 0 aliphatic rings. The average molecular weight is 326 g/mol. The van der Waals surface area contributed by atoms with Crippen LogP contribution in [-0.4, -0.2) is 34.5 Å². The third-order valence-electron chi connectivity index (χ3n) is 4.14. The van der Waals surface area contributed by atoms with E-state index >= 15 is 0 Å². The van der Waals surface area contributed by atoms with E-state index in [9.17, 15) is 0 Å². The molecule has 3 rings (SSSR count). The SMILES string of the molecule is CC(CCNc1ncnc2sccc12)N(C)Cc1ccccc1. The van der Waals surface area contributed by atoms with E-state index in [1.807, 2.05) is 0 Å². The summed E-state index contributed by atoms with van der Waals surface area (Å²) in [5, 5.41) is 6.62. The molecule has 0 aliphatic heterocycles. The predicted octanol–water partition coefficient (Wildman–Crippen LogP) is 4.01. The minimum Gasteiger partial charge on any atom is -0.369 e. The molecule has 0 saturated carbocycles. The van der Waals surface area contributed by atoms with Gasteiger partial charge in [-0.2, -0.15) is 0 Å². The van der Waals surface area contributed by atoms with Crippen LogP contribution < -0.4 is 5.32 Å². The van der Waals surface area contributed by atoms with Crippen molar-refractivity contribution in [2.45, 2.75) is 25.9 Å². The molecule has 2 aromatic heterocycles. The number of benzene rings is 1. The van der Waals surface area contributed by atoms with Gasteiger partial charge in [-0.1, -0.05) is 30.3 Å². The standard InChI is InChI=1S/C18H22N4S/c1-14(22(2)12-15-6-4-3-5-7-15)8-10-19-17-16-9-11-23-18(16)21-13-20-17/h3-7,9,11,13-14H,8,10,12H2,1-2H3,(H,19,20,21). The van der Waals surface area contributed by atoms with Crippen molar-refractivity contribution in [3.05, 3.63) is 53.7 Å². The summed E-state index contributed by atoms with van der Waals surface area (Å²) in [7, 11) is 2.18. The molecule has 5 heteroatoms. The van der Waals surface area contributed by atoms with Crippen molar-refractivity contribution < 1.29 is 0 Å². The van der Waals surface area contributed by atoms with Crippen LogP contribution in [0.2, 0.25) is 0 Å². The fraction of sp³-hybridized carbons (Fsp3) is 0.333. The van der Waals surface area contributed by atoms with Crippen molar-refractivity contribution in [1.29, 1.82) is 0 Å². The predicted molar refractivity (Wildman–Crippen MR) is 97.9 cm³/mol. The zero-order valence-electron chi connectivity index (χ0n) is 13.6. The molecule has 0 aliphatic carbocycles. The van der Waals surface area contributed by atoms with Crippen molar-refractivity contribution in [2.24, 2.45) is 0 Å². The maximum atomic E-state index is 4.36. The lowest BCUT2D eigenvalue weighted by Gasteiger charge is -2.25. The summed E-state index contributed by atoms with van der Waals surface area (Å²) in [4.78, 5) is 12.1. The molecule has 3 aromatic rings. The minimum atomic E-state index is 0.502. The molecule has 1 N–H and O–H groups in total. The molecule has 0 spiro atoms. The van der Waals surface area contributed by atoms with E-state index in [0.29, 0.717) is 6.04 Å². The first kappa shape index (κ1) is 15.9.